The first kappa shape index (κ1) is 55.2. The van der Waals surface area contributed by atoms with Gasteiger partial charge < -0.3 is 71.3 Å². The average molecular weight is 995 g/mol. The first-order valence-corrected chi connectivity index (χ1v) is 24.9. The number of guanidine groups is 1. The Balaban J connectivity index is 1.81. The normalized spacial score (nSPS) is 22.6. The van der Waals surface area contributed by atoms with E-state index in [0.29, 0.717) is 30.5 Å². The van der Waals surface area contributed by atoms with E-state index >= 15 is 0 Å². The summed E-state index contributed by atoms with van der Waals surface area (Å²) in [5.41, 5.74) is 36.4. The Kier molecular flexibility index (Phi) is 21.6. The highest BCUT2D eigenvalue weighted by Gasteiger charge is 2.39. The Hall–Kier alpha value is -6.37. The molecule has 0 unspecified atom stereocenters. The number of carbonyl (C=O) groups is 8. The lowest BCUT2D eigenvalue weighted by molar-refractivity contribution is -0.136. The van der Waals surface area contributed by atoms with Crippen LogP contribution in [0.3, 0.4) is 0 Å². The number of amides is 8. The van der Waals surface area contributed by atoms with Crippen molar-refractivity contribution in [2.75, 3.05) is 18.8 Å². The summed E-state index contributed by atoms with van der Waals surface area (Å²) in [4.78, 5) is 118. The zero-order valence-corrected chi connectivity index (χ0v) is 40.4. The number of nitrogens with one attached hydrogen (secondary N) is 7. The van der Waals surface area contributed by atoms with Crippen LogP contribution in [0.25, 0.3) is 10.9 Å². The van der Waals surface area contributed by atoms with Crippen molar-refractivity contribution in [3.8, 4) is 0 Å². The van der Waals surface area contributed by atoms with Gasteiger partial charge in [0.15, 0.2) is 5.96 Å². The van der Waals surface area contributed by atoms with Crippen LogP contribution in [0.15, 0.2) is 65.8 Å². The number of fused-ring (bicyclic) bond motifs is 1. The predicted molar refractivity (Wildman–Crippen MR) is 266 cm³/mol. The molecule has 19 N–H and O–H groups in total. The number of carbonyl (C=O) groups excluding carboxylic acids is 8. The molecule has 1 saturated heterocycles. The van der Waals surface area contributed by atoms with E-state index < -0.39 is 101 Å². The van der Waals surface area contributed by atoms with E-state index in [2.05, 4.69) is 41.9 Å². The van der Waals surface area contributed by atoms with E-state index in [-0.39, 0.29) is 56.8 Å². The van der Waals surface area contributed by atoms with Gasteiger partial charge >= 0.3 is 0 Å². The van der Waals surface area contributed by atoms with Gasteiger partial charge in [0.1, 0.15) is 36.3 Å². The van der Waals surface area contributed by atoms with Gasteiger partial charge in [-0.3, -0.25) is 43.3 Å². The average Bonchev–Trinajstić information content (AvgIpc) is 3.71. The summed E-state index contributed by atoms with van der Waals surface area (Å²) < 4.78 is -1.12. The summed E-state index contributed by atoms with van der Waals surface area (Å²) in [5, 5.41) is 16.9. The van der Waals surface area contributed by atoms with Crippen LogP contribution in [0.2, 0.25) is 0 Å². The Morgan fingerprint density at radius 2 is 1.38 bits per heavy atom. The number of rotatable bonds is 17. The standard InChI is InChI=1S/C45H66N14O8S2/c1-45(2)36(37(49)61)59-43(67)33(22-26-24-53-29-15-7-6-13-27(26)29)57-39(63)30(16-10-19-52-44(50)51)55-41(65)32(21-25-11-4-3-5-12-25)56-42(66)34(23-35(48)60)58-40(64)31(17-20-68-69-45)54-38(62)28(47)14-8-9-18-46/h3-7,11-13,15,24,28,30-34,36,53H,8-10,14,16-23,46-47H2,1-2H3,(H2,48,60)(H2,49,61)(H,54,62)(H,55,65)(H,56,66)(H,57,63)(H,58,64)(H,59,67)(H4,50,51,52)/t28-,30+,31+,32-,33+,34+,36-/m1/s1. The van der Waals surface area contributed by atoms with Crippen LogP contribution >= 0.6 is 21.6 Å². The summed E-state index contributed by atoms with van der Waals surface area (Å²) in [6.45, 7) is 3.81. The number of nitrogens with two attached hydrogens (primary N) is 6. The third-order valence-corrected chi connectivity index (χ3v) is 14.6. The Labute approximate surface area is 408 Å². The number of aliphatic imine (C=N–C) groups is 1. The van der Waals surface area contributed by atoms with Crippen LogP contribution in [-0.4, -0.2) is 124 Å². The molecule has 2 aromatic carbocycles. The number of aromatic amines is 1. The fourth-order valence-electron chi connectivity index (χ4n) is 7.49. The zero-order valence-electron chi connectivity index (χ0n) is 38.8. The molecule has 376 valence electrons. The molecule has 1 aliphatic rings. The molecule has 0 spiro atoms. The molecular formula is C45H66N14O8S2. The number of hydrogen-bond donors (Lipinski definition) is 13. The van der Waals surface area contributed by atoms with Crippen molar-refractivity contribution in [2.45, 2.75) is 119 Å². The highest BCUT2D eigenvalue weighted by atomic mass is 33.1. The SMILES string of the molecule is CC1(C)SSCC[C@H](NC(=O)[C@H](N)CCCCN)C(=O)N[C@@H](CC(N)=O)C(=O)N[C@H](Cc2ccccc2)C(=O)N[C@@H](CCCN=C(N)N)C(=O)N[C@@H](Cc2c[nH]c3ccccc23)C(=O)N[C@@H]1C(N)=O. The maximum Gasteiger partial charge on any atom is 0.243 e. The van der Waals surface area contributed by atoms with Gasteiger partial charge in [0.05, 0.1) is 12.5 Å². The van der Waals surface area contributed by atoms with Crippen LogP contribution in [-0.2, 0) is 51.2 Å². The van der Waals surface area contributed by atoms with Crippen molar-refractivity contribution in [1.82, 2.24) is 36.9 Å². The van der Waals surface area contributed by atoms with E-state index in [1.54, 1.807) is 50.4 Å². The van der Waals surface area contributed by atoms with Gasteiger partial charge in [0.25, 0.3) is 0 Å². The molecular weight excluding hydrogens is 929 g/mol. The Morgan fingerprint density at radius 3 is 2.04 bits per heavy atom. The van der Waals surface area contributed by atoms with E-state index in [0.717, 1.165) is 10.9 Å². The van der Waals surface area contributed by atoms with Gasteiger partial charge in [0.2, 0.25) is 47.3 Å². The number of primary amides is 2. The second kappa shape index (κ2) is 27.0. The summed E-state index contributed by atoms with van der Waals surface area (Å²) in [6, 6.07) is 6.57. The number of hydrogen-bond acceptors (Lipinski definition) is 13. The van der Waals surface area contributed by atoms with Crippen molar-refractivity contribution in [2.24, 2.45) is 39.4 Å². The summed E-state index contributed by atoms with van der Waals surface area (Å²) in [7, 11) is 2.38. The molecule has 69 heavy (non-hydrogen) atoms. The highest BCUT2D eigenvalue weighted by Crippen LogP contribution is 2.39. The van der Waals surface area contributed by atoms with Crippen molar-refractivity contribution < 1.29 is 38.4 Å². The Bertz CT molecular complexity index is 2290. The van der Waals surface area contributed by atoms with Gasteiger partial charge in [0, 0.05) is 47.0 Å². The molecule has 2 heterocycles. The van der Waals surface area contributed by atoms with E-state index in [4.69, 9.17) is 34.4 Å². The topological polar surface area (TPSA) is 393 Å². The smallest absolute Gasteiger partial charge is 0.243 e. The highest BCUT2D eigenvalue weighted by molar-refractivity contribution is 8.77. The summed E-state index contributed by atoms with van der Waals surface area (Å²) in [5.74, 6) is -6.77. The minimum absolute atomic E-state index is 0.0400. The summed E-state index contributed by atoms with van der Waals surface area (Å²) in [6.07, 6.45) is 2.32. The maximum atomic E-state index is 14.5. The van der Waals surface area contributed by atoms with Crippen LogP contribution < -0.4 is 66.3 Å². The molecule has 0 saturated carbocycles. The largest absolute Gasteiger partial charge is 0.370 e. The second-order valence-electron chi connectivity index (χ2n) is 17.2. The van der Waals surface area contributed by atoms with Gasteiger partial charge in [-0.25, -0.2) is 0 Å². The first-order valence-electron chi connectivity index (χ1n) is 22.6. The number of aromatic nitrogens is 1. The van der Waals surface area contributed by atoms with Crippen LogP contribution in [0, 0.1) is 0 Å². The van der Waals surface area contributed by atoms with Gasteiger partial charge in [-0.15, -0.1) is 0 Å². The third kappa shape index (κ3) is 17.6. The molecule has 0 radical (unpaired) electrons. The Morgan fingerprint density at radius 1 is 0.768 bits per heavy atom. The first-order chi connectivity index (χ1) is 32.8. The van der Waals surface area contributed by atoms with Gasteiger partial charge in [-0.2, -0.15) is 0 Å². The van der Waals surface area contributed by atoms with Crippen molar-refractivity contribution in [3.63, 3.8) is 0 Å². The lowest BCUT2D eigenvalue weighted by Gasteiger charge is -2.33. The van der Waals surface area contributed by atoms with E-state index in [1.807, 2.05) is 24.3 Å². The van der Waals surface area contributed by atoms with Crippen molar-refractivity contribution in [3.05, 3.63) is 71.9 Å². The predicted octanol–water partition coefficient (Wildman–Crippen LogP) is -1.70. The fourth-order valence-corrected chi connectivity index (χ4v) is 10.2. The summed E-state index contributed by atoms with van der Waals surface area (Å²) >= 11 is 0. The molecule has 8 amide bonds. The molecule has 3 aromatic rings. The van der Waals surface area contributed by atoms with E-state index in [9.17, 15) is 38.4 Å². The van der Waals surface area contributed by atoms with Crippen molar-refractivity contribution >= 4 is 85.7 Å². The number of H-pyrrole nitrogens is 1. The van der Waals surface area contributed by atoms with Crippen molar-refractivity contribution in [1.29, 1.82) is 0 Å². The molecule has 22 nitrogen and oxygen atoms in total. The second-order valence-corrected chi connectivity index (χ2v) is 20.3. The molecule has 24 heteroatoms. The monoisotopic (exact) mass is 994 g/mol. The molecule has 0 aliphatic carbocycles. The zero-order chi connectivity index (χ0) is 50.7. The quantitative estimate of drug-likeness (QED) is 0.0310. The third-order valence-electron chi connectivity index (χ3n) is 11.2. The van der Waals surface area contributed by atoms with Crippen LogP contribution in [0.4, 0.5) is 0 Å². The molecule has 1 aliphatic heterocycles. The van der Waals surface area contributed by atoms with E-state index in [1.165, 1.54) is 21.6 Å². The number of unbranched alkanes of at least 4 members (excludes halogenated alkanes) is 1. The van der Waals surface area contributed by atoms with Gasteiger partial charge in [-0.05, 0) is 69.7 Å². The number of benzene rings is 2. The molecule has 4 rings (SSSR count). The molecule has 1 fully saturated rings. The fraction of sp³-hybridized carbons (Fsp3) is 0.489. The minimum Gasteiger partial charge on any atom is -0.370 e. The number of para-hydroxylation sites is 1. The van der Waals surface area contributed by atoms with Crippen LogP contribution in [0.1, 0.15) is 69.9 Å². The maximum absolute atomic E-state index is 14.5. The lowest BCUT2D eigenvalue weighted by atomic mass is 9.99. The lowest BCUT2D eigenvalue weighted by Crippen LogP contribution is -2.61. The van der Waals surface area contributed by atoms with Crippen LogP contribution in [0.5, 0.6) is 0 Å². The van der Waals surface area contributed by atoms with Gasteiger partial charge in [-0.1, -0.05) is 76.5 Å². The molecule has 7 atom stereocenters. The molecule has 0 bridgehead atoms. The minimum atomic E-state index is -1.63. The number of nitrogens with zero attached hydrogens (tertiary/aromatic N) is 1. The molecule has 1 aromatic heterocycles.